The van der Waals surface area contributed by atoms with Gasteiger partial charge in [0.1, 0.15) is 5.82 Å². The Balaban J connectivity index is 3.09. The zero-order chi connectivity index (χ0) is 11.6. The van der Waals surface area contributed by atoms with Crippen molar-refractivity contribution >= 4 is 10.0 Å². The van der Waals surface area contributed by atoms with Crippen LogP contribution >= 0.6 is 0 Å². The molecule has 3 N–H and O–H groups in total. The van der Waals surface area contributed by atoms with E-state index in [-0.39, 0.29) is 16.9 Å². The Morgan fingerprint density at radius 3 is 2.53 bits per heavy atom. The lowest BCUT2D eigenvalue weighted by molar-refractivity contribution is 0.194. The summed E-state index contributed by atoms with van der Waals surface area (Å²) in [6.07, 6.45) is -0.545. The first-order valence-electron chi connectivity index (χ1n) is 4.30. The first kappa shape index (κ1) is 12.1. The quantitative estimate of drug-likeness (QED) is 0.792. The molecule has 0 aliphatic carbocycles. The molecule has 1 aromatic carbocycles. The molecule has 0 amide bonds. The van der Waals surface area contributed by atoms with Crippen LogP contribution < -0.4 is 5.14 Å². The number of halogens is 1. The Morgan fingerprint density at radius 2 is 2.13 bits per heavy atom. The van der Waals surface area contributed by atoms with Gasteiger partial charge in [0.05, 0.1) is 11.0 Å². The molecule has 0 radical (unpaired) electrons. The van der Waals surface area contributed by atoms with Crippen molar-refractivity contribution in [2.24, 2.45) is 5.14 Å². The summed E-state index contributed by atoms with van der Waals surface area (Å²) < 4.78 is 35.1. The molecule has 4 nitrogen and oxygen atoms in total. The number of hydrogen-bond donors (Lipinski definition) is 2. The topological polar surface area (TPSA) is 80.4 Å². The second-order valence-corrected chi connectivity index (χ2v) is 4.91. The van der Waals surface area contributed by atoms with E-state index in [1.807, 2.05) is 0 Å². The Labute approximate surface area is 87.6 Å². The molecule has 0 spiro atoms. The van der Waals surface area contributed by atoms with Gasteiger partial charge in [-0.05, 0) is 24.6 Å². The van der Waals surface area contributed by atoms with Crippen molar-refractivity contribution in [3.8, 4) is 0 Å². The van der Waals surface area contributed by atoms with Crippen molar-refractivity contribution in [2.75, 3.05) is 0 Å². The van der Waals surface area contributed by atoms with Gasteiger partial charge >= 0.3 is 0 Å². The largest absolute Gasteiger partial charge is 0.393 e. The molecular formula is C9H12FNO3S. The van der Waals surface area contributed by atoms with Gasteiger partial charge in [-0.15, -0.1) is 0 Å². The lowest BCUT2D eigenvalue weighted by Gasteiger charge is -2.06. The van der Waals surface area contributed by atoms with Crippen LogP contribution in [0.4, 0.5) is 4.39 Å². The highest BCUT2D eigenvalue weighted by Gasteiger charge is 2.12. The summed E-state index contributed by atoms with van der Waals surface area (Å²) in [6.45, 7) is 1.52. The molecule has 0 fully saturated rings. The predicted molar refractivity (Wildman–Crippen MR) is 53.2 cm³/mol. The van der Waals surface area contributed by atoms with E-state index in [4.69, 9.17) is 10.2 Å². The van der Waals surface area contributed by atoms with Crippen molar-refractivity contribution in [3.63, 3.8) is 0 Å². The summed E-state index contributed by atoms with van der Waals surface area (Å²) in [4.78, 5) is -0.269. The Morgan fingerprint density at radius 1 is 1.53 bits per heavy atom. The Kier molecular flexibility index (Phi) is 3.43. The summed E-state index contributed by atoms with van der Waals surface area (Å²) in [6, 6.07) is 3.38. The van der Waals surface area contributed by atoms with Gasteiger partial charge in [-0.3, -0.25) is 0 Å². The minimum Gasteiger partial charge on any atom is -0.393 e. The Hall–Kier alpha value is -0.980. The zero-order valence-corrected chi connectivity index (χ0v) is 8.96. The second kappa shape index (κ2) is 4.26. The van der Waals surface area contributed by atoms with E-state index in [9.17, 15) is 12.8 Å². The van der Waals surface area contributed by atoms with Crippen LogP contribution in [-0.2, 0) is 16.4 Å². The van der Waals surface area contributed by atoms with Gasteiger partial charge in [-0.25, -0.2) is 17.9 Å². The molecule has 1 aromatic rings. The van der Waals surface area contributed by atoms with E-state index in [0.29, 0.717) is 0 Å². The number of aliphatic hydroxyl groups excluding tert-OH is 1. The Bertz CT molecular complexity index is 456. The standard InChI is InChI=1S/C9H12FNO3S/c1-6(12)4-7-2-3-8(5-9(7)10)15(11,13)14/h2-3,5-6,12H,4H2,1H3,(H2,11,13,14). The minimum atomic E-state index is -3.87. The fourth-order valence-electron chi connectivity index (χ4n) is 1.19. The van der Waals surface area contributed by atoms with Crippen molar-refractivity contribution in [1.29, 1.82) is 0 Å². The highest BCUT2D eigenvalue weighted by Crippen LogP contribution is 2.15. The van der Waals surface area contributed by atoms with Crippen molar-refractivity contribution in [2.45, 2.75) is 24.3 Å². The van der Waals surface area contributed by atoms with Gasteiger partial charge in [0.2, 0.25) is 10.0 Å². The molecule has 1 atom stereocenters. The van der Waals surface area contributed by atoms with Gasteiger partial charge in [0.15, 0.2) is 0 Å². The van der Waals surface area contributed by atoms with Gasteiger partial charge in [0.25, 0.3) is 0 Å². The molecule has 84 valence electrons. The first-order chi connectivity index (χ1) is 6.80. The number of nitrogens with two attached hydrogens (primary N) is 1. The highest BCUT2D eigenvalue weighted by atomic mass is 32.2. The molecule has 0 heterocycles. The van der Waals surface area contributed by atoms with Crippen LogP contribution in [0.3, 0.4) is 0 Å². The van der Waals surface area contributed by atoms with Crippen LogP contribution in [0, 0.1) is 5.82 Å². The van der Waals surface area contributed by atoms with Crippen molar-refractivity contribution in [1.82, 2.24) is 0 Å². The molecule has 0 aliphatic heterocycles. The van der Waals surface area contributed by atoms with Crippen LogP contribution in [0.25, 0.3) is 0 Å². The molecule has 0 aliphatic rings. The number of sulfonamides is 1. The van der Waals surface area contributed by atoms with Crippen LogP contribution in [-0.4, -0.2) is 19.6 Å². The van der Waals surface area contributed by atoms with E-state index in [2.05, 4.69) is 0 Å². The number of benzene rings is 1. The third kappa shape index (κ3) is 3.26. The third-order valence-corrected chi connectivity index (χ3v) is 2.78. The minimum absolute atomic E-state index is 0.136. The monoisotopic (exact) mass is 233 g/mol. The maximum absolute atomic E-state index is 13.3. The highest BCUT2D eigenvalue weighted by molar-refractivity contribution is 7.89. The molecule has 1 rings (SSSR count). The van der Waals surface area contributed by atoms with Crippen molar-refractivity contribution in [3.05, 3.63) is 29.6 Å². The molecule has 15 heavy (non-hydrogen) atoms. The van der Waals surface area contributed by atoms with Crippen LogP contribution in [0.5, 0.6) is 0 Å². The van der Waals surface area contributed by atoms with Crippen LogP contribution in [0.2, 0.25) is 0 Å². The van der Waals surface area contributed by atoms with Crippen LogP contribution in [0.15, 0.2) is 23.1 Å². The number of aliphatic hydroxyl groups is 1. The average molecular weight is 233 g/mol. The SMILES string of the molecule is CC(O)Cc1ccc(S(N)(=O)=O)cc1F. The molecule has 0 bridgehead atoms. The zero-order valence-electron chi connectivity index (χ0n) is 8.14. The fraction of sp³-hybridized carbons (Fsp3) is 0.333. The average Bonchev–Trinajstić information content (AvgIpc) is 2.05. The van der Waals surface area contributed by atoms with E-state index in [0.717, 1.165) is 6.07 Å². The molecule has 0 aromatic heterocycles. The van der Waals surface area contributed by atoms with Gasteiger partial charge in [-0.2, -0.15) is 0 Å². The molecule has 0 saturated heterocycles. The molecular weight excluding hydrogens is 221 g/mol. The summed E-state index contributed by atoms with van der Waals surface area (Å²) in [5.41, 5.74) is 0.261. The van der Waals surface area contributed by atoms with Gasteiger partial charge < -0.3 is 5.11 Å². The smallest absolute Gasteiger partial charge is 0.238 e. The number of hydrogen-bond acceptors (Lipinski definition) is 3. The summed E-state index contributed by atoms with van der Waals surface area (Å²) in [5.74, 6) is -0.678. The normalized spacial score (nSPS) is 13.9. The summed E-state index contributed by atoms with van der Waals surface area (Å²) >= 11 is 0. The van der Waals surface area contributed by atoms with Crippen LogP contribution in [0.1, 0.15) is 12.5 Å². The molecule has 6 heteroatoms. The van der Waals surface area contributed by atoms with E-state index in [1.165, 1.54) is 19.1 Å². The summed E-state index contributed by atoms with van der Waals surface area (Å²) in [5, 5.41) is 13.9. The van der Waals surface area contributed by atoms with Gasteiger partial charge in [0, 0.05) is 6.42 Å². The first-order valence-corrected chi connectivity index (χ1v) is 5.84. The third-order valence-electron chi connectivity index (χ3n) is 1.87. The lowest BCUT2D eigenvalue weighted by Crippen LogP contribution is -2.13. The molecule has 1 unspecified atom stereocenters. The summed E-state index contributed by atoms with van der Waals surface area (Å²) in [7, 11) is -3.87. The number of primary sulfonamides is 1. The van der Waals surface area contributed by atoms with E-state index >= 15 is 0 Å². The predicted octanol–water partition coefficient (Wildman–Crippen LogP) is 0.396. The van der Waals surface area contributed by atoms with E-state index < -0.39 is 21.9 Å². The van der Waals surface area contributed by atoms with Gasteiger partial charge in [-0.1, -0.05) is 6.07 Å². The van der Waals surface area contributed by atoms with E-state index in [1.54, 1.807) is 0 Å². The fourth-order valence-corrected chi connectivity index (χ4v) is 1.71. The maximum Gasteiger partial charge on any atom is 0.238 e. The molecule has 0 saturated carbocycles. The van der Waals surface area contributed by atoms with Crippen molar-refractivity contribution < 1.29 is 17.9 Å². The second-order valence-electron chi connectivity index (χ2n) is 3.35. The lowest BCUT2D eigenvalue weighted by atomic mass is 10.1. The number of rotatable bonds is 3. The maximum atomic E-state index is 13.3.